The normalized spacial score (nSPS) is 14.5. The van der Waals surface area contributed by atoms with Crippen molar-refractivity contribution in [2.75, 3.05) is 6.54 Å². The maximum absolute atomic E-state index is 10.6. The molecule has 2 unspecified atom stereocenters. The van der Waals surface area contributed by atoms with E-state index in [1.165, 1.54) is 10.8 Å². The molecule has 0 saturated heterocycles. The fraction of sp³-hybridized carbons (Fsp3) is 0.474. The van der Waals surface area contributed by atoms with E-state index in [-0.39, 0.29) is 6.04 Å². The SMILES string of the molecule is CCC(NCCC(C)C)C(O)c1ccc2ccccc2c1. The summed E-state index contributed by atoms with van der Waals surface area (Å²) in [4.78, 5) is 0. The quantitative estimate of drug-likeness (QED) is 0.795. The van der Waals surface area contributed by atoms with Crippen LogP contribution in [0.2, 0.25) is 0 Å². The highest BCUT2D eigenvalue weighted by molar-refractivity contribution is 5.83. The van der Waals surface area contributed by atoms with E-state index in [0.717, 1.165) is 24.9 Å². The second-order valence-corrected chi connectivity index (χ2v) is 6.20. The largest absolute Gasteiger partial charge is 0.387 e. The van der Waals surface area contributed by atoms with E-state index in [1.807, 2.05) is 18.2 Å². The van der Waals surface area contributed by atoms with Gasteiger partial charge in [-0.1, -0.05) is 57.2 Å². The van der Waals surface area contributed by atoms with Crippen molar-refractivity contribution < 1.29 is 5.11 Å². The molecule has 0 spiro atoms. The Morgan fingerprint density at radius 2 is 1.76 bits per heavy atom. The highest BCUT2D eigenvalue weighted by Crippen LogP contribution is 2.23. The molecule has 2 rings (SSSR count). The summed E-state index contributed by atoms with van der Waals surface area (Å²) in [5.41, 5.74) is 0.998. The number of rotatable bonds is 7. The van der Waals surface area contributed by atoms with Gasteiger partial charge in [0.25, 0.3) is 0 Å². The summed E-state index contributed by atoms with van der Waals surface area (Å²) in [6.45, 7) is 7.53. The van der Waals surface area contributed by atoms with Crippen molar-refractivity contribution in [2.45, 2.75) is 45.8 Å². The first-order valence-electron chi connectivity index (χ1n) is 8.02. The molecule has 2 aromatic carbocycles. The van der Waals surface area contributed by atoms with Crippen LogP contribution in [0.15, 0.2) is 42.5 Å². The summed E-state index contributed by atoms with van der Waals surface area (Å²) in [5.74, 6) is 0.688. The van der Waals surface area contributed by atoms with Crippen LogP contribution in [0.3, 0.4) is 0 Å². The fourth-order valence-corrected chi connectivity index (χ4v) is 2.66. The van der Waals surface area contributed by atoms with Crippen molar-refractivity contribution in [3.05, 3.63) is 48.0 Å². The predicted molar refractivity (Wildman–Crippen MR) is 90.4 cm³/mol. The number of aliphatic hydroxyl groups is 1. The molecule has 2 aromatic rings. The number of hydrogen-bond acceptors (Lipinski definition) is 2. The third-order valence-electron chi connectivity index (χ3n) is 4.06. The average molecular weight is 285 g/mol. The summed E-state index contributed by atoms with van der Waals surface area (Å²) in [7, 11) is 0. The summed E-state index contributed by atoms with van der Waals surface area (Å²) in [6.07, 6.45) is 1.61. The molecule has 0 aliphatic heterocycles. The Morgan fingerprint density at radius 1 is 1.05 bits per heavy atom. The Hall–Kier alpha value is -1.38. The van der Waals surface area contributed by atoms with E-state index in [2.05, 4.69) is 50.4 Å². The number of fused-ring (bicyclic) bond motifs is 1. The van der Waals surface area contributed by atoms with Gasteiger partial charge in [0, 0.05) is 6.04 Å². The number of benzene rings is 2. The lowest BCUT2D eigenvalue weighted by molar-refractivity contribution is 0.125. The Kier molecular flexibility index (Phi) is 5.77. The average Bonchev–Trinajstić information content (AvgIpc) is 2.50. The zero-order chi connectivity index (χ0) is 15.2. The van der Waals surface area contributed by atoms with E-state index in [9.17, 15) is 5.11 Å². The van der Waals surface area contributed by atoms with Gasteiger partial charge in [-0.2, -0.15) is 0 Å². The van der Waals surface area contributed by atoms with Crippen LogP contribution >= 0.6 is 0 Å². The monoisotopic (exact) mass is 285 g/mol. The first kappa shape index (κ1) is 16.0. The van der Waals surface area contributed by atoms with Crippen molar-refractivity contribution in [2.24, 2.45) is 5.92 Å². The van der Waals surface area contributed by atoms with E-state index in [1.54, 1.807) is 0 Å². The van der Waals surface area contributed by atoms with Crippen LogP contribution in [0.4, 0.5) is 0 Å². The summed E-state index contributed by atoms with van der Waals surface area (Å²) in [6, 6.07) is 14.6. The smallest absolute Gasteiger partial charge is 0.0943 e. The molecule has 2 N–H and O–H groups in total. The Bertz CT molecular complexity index is 564. The maximum atomic E-state index is 10.6. The van der Waals surface area contributed by atoms with Crippen molar-refractivity contribution in [1.82, 2.24) is 5.32 Å². The molecule has 2 heteroatoms. The number of hydrogen-bond donors (Lipinski definition) is 2. The topological polar surface area (TPSA) is 32.3 Å². The zero-order valence-corrected chi connectivity index (χ0v) is 13.3. The van der Waals surface area contributed by atoms with E-state index in [4.69, 9.17) is 0 Å². The van der Waals surface area contributed by atoms with Crippen LogP contribution in [0, 0.1) is 5.92 Å². The zero-order valence-electron chi connectivity index (χ0n) is 13.3. The molecule has 0 aliphatic rings. The van der Waals surface area contributed by atoms with Crippen LogP contribution in [-0.4, -0.2) is 17.7 Å². The summed E-state index contributed by atoms with van der Waals surface area (Å²) >= 11 is 0. The molecular formula is C19H27NO. The van der Waals surface area contributed by atoms with Gasteiger partial charge in [-0.25, -0.2) is 0 Å². The maximum Gasteiger partial charge on any atom is 0.0943 e. The number of aliphatic hydroxyl groups excluding tert-OH is 1. The van der Waals surface area contributed by atoms with Gasteiger partial charge in [0.05, 0.1) is 6.10 Å². The molecule has 0 radical (unpaired) electrons. The van der Waals surface area contributed by atoms with Gasteiger partial charge in [0.2, 0.25) is 0 Å². The lowest BCUT2D eigenvalue weighted by atomic mass is 9.97. The highest BCUT2D eigenvalue weighted by Gasteiger charge is 2.18. The molecule has 0 bridgehead atoms. The van der Waals surface area contributed by atoms with Gasteiger partial charge in [-0.15, -0.1) is 0 Å². The molecule has 0 heterocycles. The molecular weight excluding hydrogens is 258 g/mol. The van der Waals surface area contributed by atoms with Crippen molar-refractivity contribution in [1.29, 1.82) is 0 Å². The molecule has 0 saturated carbocycles. The van der Waals surface area contributed by atoms with Gasteiger partial charge in [-0.3, -0.25) is 0 Å². The third-order valence-corrected chi connectivity index (χ3v) is 4.06. The van der Waals surface area contributed by atoms with E-state index in [0.29, 0.717) is 5.92 Å². The van der Waals surface area contributed by atoms with Crippen molar-refractivity contribution in [3.8, 4) is 0 Å². The van der Waals surface area contributed by atoms with Crippen LogP contribution < -0.4 is 5.32 Å². The van der Waals surface area contributed by atoms with Crippen molar-refractivity contribution >= 4 is 10.8 Å². The van der Waals surface area contributed by atoms with Crippen LogP contribution in [0.1, 0.15) is 45.3 Å². The Labute approximate surface area is 128 Å². The van der Waals surface area contributed by atoms with Gasteiger partial charge in [0.15, 0.2) is 0 Å². The van der Waals surface area contributed by atoms with Crippen LogP contribution in [-0.2, 0) is 0 Å². The second-order valence-electron chi connectivity index (χ2n) is 6.20. The predicted octanol–water partition coefficient (Wildman–Crippen LogP) is 4.29. The molecule has 21 heavy (non-hydrogen) atoms. The first-order chi connectivity index (χ1) is 10.1. The lowest BCUT2D eigenvalue weighted by Crippen LogP contribution is -2.35. The summed E-state index contributed by atoms with van der Waals surface area (Å²) in [5, 5.41) is 16.5. The molecule has 114 valence electrons. The van der Waals surface area contributed by atoms with Crippen LogP contribution in [0.5, 0.6) is 0 Å². The standard InChI is InChI=1S/C19H27NO/c1-4-18(20-12-11-14(2)3)19(21)17-10-9-15-7-5-6-8-16(15)13-17/h5-10,13-14,18-21H,4,11-12H2,1-3H3. The van der Waals surface area contributed by atoms with Gasteiger partial charge in [0.1, 0.15) is 0 Å². The lowest BCUT2D eigenvalue weighted by Gasteiger charge is -2.24. The minimum Gasteiger partial charge on any atom is -0.387 e. The minimum absolute atomic E-state index is 0.116. The van der Waals surface area contributed by atoms with Crippen LogP contribution in [0.25, 0.3) is 10.8 Å². The second kappa shape index (κ2) is 7.58. The van der Waals surface area contributed by atoms with E-state index >= 15 is 0 Å². The number of nitrogens with one attached hydrogen (secondary N) is 1. The molecule has 2 atom stereocenters. The molecule has 0 amide bonds. The third kappa shape index (κ3) is 4.29. The molecule has 2 nitrogen and oxygen atoms in total. The Balaban J connectivity index is 2.09. The highest BCUT2D eigenvalue weighted by atomic mass is 16.3. The molecule has 0 aliphatic carbocycles. The van der Waals surface area contributed by atoms with Gasteiger partial charge >= 0.3 is 0 Å². The minimum atomic E-state index is -0.452. The Morgan fingerprint density at radius 3 is 2.43 bits per heavy atom. The van der Waals surface area contributed by atoms with Gasteiger partial charge in [-0.05, 0) is 47.7 Å². The van der Waals surface area contributed by atoms with Gasteiger partial charge < -0.3 is 10.4 Å². The summed E-state index contributed by atoms with van der Waals surface area (Å²) < 4.78 is 0. The molecule has 0 fully saturated rings. The first-order valence-corrected chi connectivity index (χ1v) is 8.02. The van der Waals surface area contributed by atoms with E-state index < -0.39 is 6.10 Å². The fourth-order valence-electron chi connectivity index (χ4n) is 2.66. The van der Waals surface area contributed by atoms with Crippen molar-refractivity contribution in [3.63, 3.8) is 0 Å². The molecule has 0 aromatic heterocycles.